The maximum atomic E-state index is 13.0. The van der Waals surface area contributed by atoms with Crippen LogP contribution in [0.1, 0.15) is 27.7 Å². The highest BCUT2D eigenvalue weighted by molar-refractivity contribution is 7.15. The van der Waals surface area contributed by atoms with E-state index in [9.17, 15) is 14.7 Å². The fourth-order valence-corrected chi connectivity index (χ4v) is 4.30. The van der Waals surface area contributed by atoms with E-state index >= 15 is 0 Å². The van der Waals surface area contributed by atoms with E-state index in [1.54, 1.807) is 37.3 Å². The van der Waals surface area contributed by atoms with Crippen LogP contribution in [0.25, 0.3) is 5.76 Å². The first-order valence-corrected chi connectivity index (χ1v) is 10.5. The summed E-state index contributed by atoms with van der Waals surface area (Å²) in [6, 6.07) is 10.9. The first kappa shape index (κ1) is 20.5. The topological polar surface area (TPSA) is 83.4 Å². The molecule has 0 saturated carbocycles. The standard InChI is InChI=1S/C21H15Cl2N3O3S/c1-10-3-5-12(6-4-10)18(27)16-17(13-7-8-14(22)15(23)9-13)26(20(29)19(16)28)21-25-24-11(2)30-21/h3-9,17,27H,1-2H3/b18-16+. The number of benzene rings is 2. The Bertz CT molecular complexity index is 1200. The van der Waals surface area contributed by atoms with Crippen molar-refractivity contribution in [3.8, 4) is 0 Å². The second-order valence-corrected chi connectivity index (χ2v) is 8.79. The molecule has 4 rings (SSSR count). The summed E-state index contributed by atoms with van der Waals surface area (Å²) in [5, 5.41) is 20.5. The van der Waals surface area contributed by atoms with Gasteiger partial charge in [0.15, 0.2) is 0 Å². The molecule has 3 aromatic rings. The molecule has 1 unspecified atom stereocenters. The van der Waals surface area contributed by atoms with Gasteiger partial charge in [-0.1, -0.05) is 70.4 Å². The molecule has 1 amide bonds. The van der Waals surface area contributed by atoms with E-state index in [1.807, 2.05) is 19.1 Å². The number of amides is 1. The van der Waals surface area contributed by atoms with Crippen LogP contribution in [0.3, 0.4) is 0 Å². The molecule has 6 nitrogen and oxygen atoms in total. The highest BCUT2D eigenvalue weighted by Gasteiger charge is 2.48. The average molecular weight is 460 g/mol. The number of aryl methyl sites for hydroxylation is 2. The van der Waals surface area contributed by atoms with Crippen molar-refractivity contribution in [2.45, 2.75) is 19.9 Å². The lowest BCUT2D eigenvalue weighted by atomic mass is 9.95. The van der Waals surface area contributed by atoms with Gasteiger partial charge in [0.1, 0.15) is 10.8 Å². The molecule has 1 aromatic heterocycles. The number of aliphatic hydroxyl groups excluding tert-OH is 1. The predicted molar refractivity (Wildman–Crippen MR) is 117 cm³/mol. The molecule has 0 bridgehead atoms. The van der Waals surface area contributed by atoms with E-state index in [2.05, 4.69) is 10.2 Å². The summed E-state index contributed by atoms with van der Waals surface area (Å²) in [6.07, 6.45) is 0. The van der Waals surface area contributed by atoms with Crippen LogP contribution >= 0.6 is 34.5 Å². The second-order valence-electron chi connectivity index (χ2n) is 6.81. The van der Waals surface area contributed by atoms with Crippen LogP contribution in [-0.2, 0) is 9.59 Å². The van der Waals surface area contributed by atoms with Gasteiger partial charge in [0, 0.05) is 5.56 Å². The van der Waals surface area contributed by atoms with Gasteiger partial charge in [0.2, 0.25) is 5.13 Å². The van der Waals surface area contributed by atoms with Gasteiger partial charge in [-0.2, -0.15) is 0 Å². The molecule has 0 spiro atoms. The highest BCUT2D eigenvalue weighted by atomic mass is 35.5. The third-order valence-electron chi connectivity index (χ3n) is 4.75. The van der Waals surface area contributed by atoms with Crippen LogP contribution < -0.4 is 4.90 Å². The molecule has 0 aliphatic carbocycles. The predicted octanol–water partition coefficient (Wildman–Crippen LogP) is 5.09. The summed E-state index contributed by atoms with van der Waals surface area (Å²) in [4.78, 5) is 27.2. The largest absolute Gasteiger partial charge is 0.507 e. The van der Waals surface area contributed by atoms with Gasteiger partial charge in [-0.15, -0.1) is 10.2 Å². The molecule has 1 aliphatic rings. The van der Waals surface area contributed by atoms with Crippen LogP contribution in [0.2, 0.25) is 10.0 Å². The average Bonchev–Trinajstić information content (AvgIpc) is 3.25. The molecule has 2 heterocycles. The normalized spacial score (nSPS) is 18.3. The van der Waals surface area contributed by atoms with Crippen molar-refractivity contribution in [1.29, 1.82) is 0 Å². The van der Waals surface area contributed by atoms with Crippen LogP contribution in [0.5, 0.6) is 0 Å². The smallest absolute Gasteiger partial charge is 0.301 e. The number of Topliss-reactive ketones (excluding diaryl/α,β-unsaturated/α-hetero) is 1. The lowest BCUT2D eigenvalue weighted by molar-refractivity contribution is -0.132. The molecule has 9 heteroatoms. The van der Waals surface area contributed by atoms with Crippen molar-refractivity contribution in [3.63, 3.8) is 0 Å². The fourth-order valence-electron chi connectivity index (χ4n) is 3.28. The van der Waals surface area contributed by atoms with Crippen LogP contribution in [0, 0.1) is 13.8 Å². The molecule has 152 valence electrons. The Morgan fingerprint density at radius 2 is 1.73 bits per heavy atom. The molecule has 1 saturated heterocycles. The van der Waals surface area contributed by atoms with Crippen LogP contribution in [0.4, 0.5) is 5.13 Å². The third-order valence-corrected chi connectivity index (χ3v) is 6.33. The summed E-state index contributed by atoms with van der Waals surface area (Å²) >= 11 is 13.4. The van der Waals surface area contributed by atoms with Gasteiger partial charge in [-0.25, -0.2) is 0 Å². The van der Waals surface area contributed by atoms with Crippen molar-refractivity contribution < 1.29 is 14.7 Å². The molecule has 1 fully saturated rings. The van der Waals surface area contributed by atoms with E-state index < -0.39 is 17.7 Å². The zero-order chi connectivity index (χ0) is 21.6. The van der Waals surface area contributed by atoms with E-state index in [1.165, 1.54) is 16.2 Å². The van der Waals surface area contributed by atoms with E-state index in [0.29, 0.717) is 21.2 Å². The molecule has 2 aromatic carbocycles. The SMILES string of the molecule is Cc1ccc(/C(O)=C2\C(=O)C(=O)N(c3nnc(C)s3)C2c2ccc(Cl)c(Cl)c2)cc1. The lowest BCUT2D eigenvalue weighted by Gasteiger charge is -2.22. The first-order valence-electron chi connectivity index (χ1n) is 8.91. The van der Waals surface area contributed by atoms with Crippen LogP contribution in [-0.4, -0.2) is 27.0 Å². The molecule has 30 heavy (non-hydrogen) atoms. The number of nitrogens with zero attached hydrogens (tertiary/aromatic N) is 3. The van der Waals surface area contributed by atoms with Crippen molar-refractivity contribution in [1.82, 2.24) is 10.2 Å². The minimum atomic E-state index is -0.923. The number of ketones is 1. The summed E-state index contributed by atoms with van der Waals surface area (Å²) in [5.74, 6) is -1.87. The minimum Gasteiger partial charge on any atom is -0.507 e. The maximum Gasteiger partial charge on any atom is 0.301 e. The Labute approximate surface area is 186 Å². The van der Waals surface area contributed by atoms with Crippen molar-refractivity contribution >= 4 is 57.1 Å². The lowest BCUT2D eigenvalue weighted by Crippen LogP contribution is -2.29. The van der Waals surface area contributed by atoms with Gasteiger partial charge in [-0.05, 0) is 31.5 Å². The summed E-state index contributed by atoms with van der Waals surface area (Å²) in [5.41, 5.74) is 1.90. The number of carbonyl (C=O) groups is 2. The molecular weight excluding hydrogens is 445 g/mol. The van der Waals surface area contributed by atoms with Crippen molar-refractivity contribution in [2.24, 2.45) is 0 Å². The monoisotopic (exact) mass is 459 g/mol. The van der Waals surface area contributed by atoms with Gasteiger partial charge in [-0.3, -0.25) is 14.5 Å². The Kier molecular flexibility index (Phi) is 5.36. The molecule has 0 radical (unpaired) electrons. The van der Waals surface area contributed by atoms with Gasteiger partial charge in [0.05, 0.1) is 21.7 Å². The zero-order valence-electron chi connectivity index (χ0n) is 15.9. The van der Waals surface area contributed by atoms with Gasteiger partial charge in [0.25, 0.3) is 5.78 Å². The number of aromatic nitrogens is 2. The minimum absolute atomic E-state index is 0.0462. The zero-order valence-corrected chi connectivity index (χ0v) is 18.2. The quantitative estimate of drug-likeness (QED) is 0.335. The fraction of sp³-hybridized carbons (Fsp3) is 0.143. The Morgan fingerprint density at radius 3 is 2.33 bits per heavy atom. The summed E-state index contributed by atoms with van der Waals surface area (Å²) < 4.78 is 0. The molecule has 1 atom stereocenters. The van der Waals surface area contributed by atoms with E-state index in [-0.39, 0.29) is 21.5 Å². The number of halogens is 2. The number of carbonyl (C=O) groups excluding carboxylic acids is 2. The van der Waals surface area contributed by atoms with Gasteiger partial charge >= 0.3 is 5.91 Å². The van der Waals surface area contributed by atoms with Crippen molar-refractivity contribution in [3.05, 3.63) is 79.8 Å². The summed E-state index contributed by atoms with van der Waals surface area (Å²) in [7, 11) is 0. The Morgan fingerprint density at radius 1 is 1.03 bits per heavy atom. The molecule has 1 aliphatic heterocycles. The number of hydrogen-bond donors (Lipinski definition) is 1. The molecular formula is C21H15Cl2N3O3S. The summed E-state index contributed by atoms with van der Waals surface area (Å²) in [6.45, 7) is 3.66. The Hall–Kier alpha value is -2.74. The second kappa shape index (κ2) is 7.83. The van der Waals surface area contributed by atoms with Crippen LogP contribution in [0.15, 0.2) is 48.0 Å². The first-order chi connectivity index (χ1) is 14.3. The number of aliphatic hydroxyl groups is 1. The highest BCUT2D eigenvalue weighted by Crippen LogP contribution is 2.43. The third kappa shape index (κ3) is 3.49. The maximum absolute atomic E-state index is 13.0. The van der Waals surface area contributed by atoms with Gasteiger partial charge < -0.3 is 5.11 Å². The van der Waals surface area contributed by atoms with Crippen molar-refractivity contribution in [2.75, 3.05) is 4.90 Å². The van der Waals surface area contributed by atoms with E-state index in [0.717, 1.165) is 5.56 Å². The van der Waals surface area contributed by atoms with E-state index in [4.69, 9.17) is 23.2 Å². The number of hydrogen-bond acceptors (Lipinski definition) is 6. The number of anilines is 1. The number of rotatable bonds is 3. The molecule has 1 N–H and O–H groups in total. The Balaban J connectivity index is 1.96.